The van der Waals surface area contributed by atoms with Crippen molar-refractivity contribution in [1.82, 2.24) is 5.32 Å². The van der Waals surface area contributed by atoms with Gasteiger partial charge in [-0.15, -0.1) is 0 Å². The average Bonchev–Trinajstić information content (AvgIpc) is 2.34. The second-order valence-electron chi connectivity index (χ2n) is 5.21. The quantitative estimate of drug-likeness (QED) is 0.788. The maximum atomic E-state index is 5.78. The van der Waals surface area contributed by atoms with Crippen molar-refractivity contribution in [3.8, 4) is 5.75 Å². The Hall–Kier alpha value is -0.220. The molecule has 0 fully saturated rings. The first-order chi connectivity index (χ1) is 8.81. The largest absolute Gasteiger partial charge is 0.487 e. The first-order valence-electron chi connectivity index (χ1n) is 5.93. The van der Waals surface area contributed by atoms with E-state index in [-0.39, 0.29) is 12.1 Å². The molecule has 1 aromatic carbocycles. The molecule has 0 radical (unpaired) electrons. The fraction of sp³-hybridized carbons (Fsp3) is 0.429. The zero-order chi connectivity index (χ0) is 14.5. The molecule has 0 heterocycles. The van der Waals surface area contributed by atoms with E-state index in [4.69, 9.17) is 27.9 Å². The third-order valence-electron chi connectivity index (χ3n) is 2.30. The molecule has 0 aromatic heterocycles. The summed E-state index contributed by atoms with van der Waals surface area (Å²) in [4.78, 5) is 0. The Labute approximate surface area is 133 Å². The van der Waals surface area contributed by atoms with Crippen LogP contribution in [0, 0.1) is 0 Å². The van der Waals surface area contributed by atoms with Gasteiger partial charge in [0.15, 0.2) is 0 Å². The summed E-state index contributed by atoms with van der Waals surface area (Å²) in [7, 11) is 0. The minimum absolute atomic E-state index is 0.0975. The van der Waals surface area contributed by atoms with E-state index in [1.54, 1.807) is 0 Å². The summed E-state index contributed by atoms with van der Waals surface area (Å²) in [6, 6.07) is 5.98. The number of hydrogen-bond donors (Lipinski definition) is 1. The minimum atomic E-state index is 0.0975. The topological polar surface area (TPSA) is 21.3 Å². The van der Waals surface area contributed by atoms with Crippen LogP contribution in [0.15, 0.2) is 33.2 Å². The van der Waals surface area contributed by atoms with Crippen LogP contribution in [0.2, 0.25) is 0 Å². The van der Waals surface area contributed by atoms with Gasteiger partial charge in [0.05, 0.1) is 9.51 Å². The van der Waals surface area contributed by atoms with Crippen molar-refractivity contribution < 1.29 is 4.74 Å². The van der Waals surface area contributed by atoms with E-state index in [0.29, 0.717) is 5.03 Å². The molecule has 0 unspecified atom stereocenters. The van der Waals surface area contributed by atoms with Crippen LogP contribution in [-0.2, 0) is 6.54 Å². The highest BCUT2D eigenvalue weighted by Gasteiger charge is 2.09. The second-order valence-corrected chi connectivity index (χ2v) is 6.77. The third kappa shape index (κ3) is 6.66. The molecule has 19 heavy (non-hydrogen) atoms. The minimum Gasteiger partial charge on any atom is -0.487 e. The van der Waals surface area contributed by atoms with Gasteiger partial charge in [0.2, 0.25) is 0 Å². The molecule has 0 aliphatic heterocycles. The van der Waals surface area contributed by atoms with Gasteiger partial charge >= 0.3 is 0 Å². The van der Waals surface area contributed by atoms with Gasteiger partial charge in [0.25, 0.3) is 0 Å². The Morgan fingerprint density at radius 3 is 2.63 bits per heavy atom. The Balaban J connectivity index is 2.64. The van der Waals surface area contributed by atoms with E-state index in [9.17, 15) is 0 Å². The van der Waals surface area contributed by atoms with Crippen molar-refractivity contribution >= 4 is 39.1 Å². The highest BCUT2D eigenvalue weighted by Crippen LogP contribution is 2.27. The number of rotatable bonds is 5. The van der Waals surface area contributed by atoms with Gasteiger partial charge in [-0.3, -0.25) is 0 Å². The first kappa shape index (κ1) is 16.8. The standard InChI is InChI=1S/C14H18BrCl2NO/c1-14(2,3)18-8-10-4-5-13(12(15)6-10)19-9-11(17)7-16/h4-7,18H,8-9H2,1-3H3. The van der Waals surface area contributed by atoms with Gasteiger partial charge in [-0.25, -0.2) is 0 Å². The van der Waals surface area contributed by atoms with Crippen LogP contribution >= 0.6 is 39.1 Å². The third-order valence-corrected chi connectivity index (χ3v) is 3.52. The fourth-order valence-corrected chi connectivity index (χ4v) is 1.97. The van der Waals surface area contributed by atoms with Crippen LogP contribution in [0.5, 0.6) is 5.75 Å². The summed E-state index contributed by atoms with van der Waals surface area (Å²) in [5.41, 5.74) is 2.59. The summed E-state index contributed by atoms with van der Waals surface area (Å²) in [5.74, 6) is 0.746. The molecule has 0 amide bonds. The van der Waals surface area contributed by atoms with Crippen LogP contribution in [-0.4, -0.2) is 12.1 Å². The lowest BCUT2D eigenvalue weighted by atomic mass is 10.1. The summed E-state index contributed by atoms with van der Waals surface area (Å²) >= 11 is 14.7. The predicted molar refractivity (Wildman–Crippen MR) is 86.0 cm³/mol. The summed E-state index contributed by atoms with van der Waals surface area (Å²) in [6.07, 6.45) is 0. The van der Waals surface area contributed by atoms with E-state index in [1.165, 1.54) is 11.1 Å². The summed E-state index contributed by atoms with van der Waals surface area (Å²) in [6.45, 7) is 7.49. The Kier molecular flexibility index (Phi) is 6.67. The molecular weight excluding hydrogens is 349 g/mol. The molecule has 0 aliphatic carbocycles. The molecule has 0 aliphatic rings. The first-order valence-corrected chi connectivity index (χ1v) is 7.53. The highest BCUT2D eigenvalue weighted by molar-refractivity contribution is 9.10. The van der Waals surface area contributed by atoms with Crippen LogP contribution < -0.4 is 10.1 Å². The molecule has 1 N–H and O–H groups in total. The van der Waals surface area contributed by atoms with Crippen molar-refractivity contribution in [2.75, 3.05) is 6.61 Å². The van der Waals surface area contributed by atoms with Crippen molar-refractivity contribution in [2.45, 2.75) is 32.9 Å². The zero-order valence-electron chi connectivity index (χ0n) is 11.3. The highest BCUT2D eigenvalue weighted by atomic mass is 79.9. The molecule has 2 nitrogen and oxygen atoms in total. The number of nitrogens with one attached hydrogen (secondary N) is 1. The number of ether oxygens (including phenoxy) is 1. The van der Waals surface area contributed by atoms with Crippen LogP contribution in [0.4, 0.5) is 0 Å². The summed E-state index contributed by atoms with van der Waals surface area (Å²) < 4.78 is 6.44. The zero-order valence-corrected chi connectivity index (χ0v) is 14.4. The van der Waals surface area contributed by atoms with E-state index in [2.05, 4.69) is 42.0 Å². The predicted octanol–water partition coefficient (Wildman–Crippen LogP) is 5.04. The average molecular weight is 367 g/mol. The number of benzene rings is 1. The van der Waals surface area contributed by atoms with E-state index >= 15 is 0 Å². The summed E-state index contributed by atoms with van der Waals surface area (Å²) in [5, 5.41) is 3.90. The molecular formula is C14H18BrCl2NO. The Morgan fingerprint density at radius 1 is 1.42 bits per heavy atom. The molecule has 1 rings (SSSR count). The SMILES string of the molecule is CC(C)(C)NCc1ccc(OCC(Cl)=CCl)c(Br)c1. The van der Waals surface area contributed by atoms with E-state index in [0.717, 1.165) is 16.8 Å². The second kappa shape index (κ2) is 7.53. The lowest BCUT2D eigenvalue weighted by Crippen LogP contribution is -2.35. The van der Waals surface area contributed by atoms with Crippen molar-refractivity contribution in [3.63, 3.8) is 0 Å². The van der Waals surface area contributed by atoms with Gasteiger partial charge in [0.1, 0.15) is 12.4 Å². The molecule has 5 heteroatoms. The van der Waals surface area contributed by atoms with Crippen molar-refractivity contribution in [3.05, 3.63) is 38.8 Å². The molecule has 0 saturated heterocycles. The molecule has 106 valence electrons. The van der Waals surface area contributed by atoms with Gasteiger partial charge in [-0.05, 0) is 54.4 Å². The van der Waals surface area contributed by atoms with Crippen molar-refractivity contribution in [2.24, 2.45) is 0 Å². The maximum absolute atomic E-state index is 5.78. The smallest absolute Gasteiger partial charge is 0.134 e. The number of hydrogen-bond acceptors (Lipinski definition) is 2. The maximum Gasteiger partial charge on any atom is 0.134 e. The monoisotopic (exact) mass is 365 g/mol. The van der Waals surface area contributed by atoms with Crippen LogP contribution in [0.3, 0.4) is 0 Å². The normalized spacial score (nSPS) is 12.6. The Morgan fingerprint density at radius 2 is 2.11 bits per heavy atom. The molecule has 0 bridgehead atoms. The molecule has 0 spiro atoms. The molecule has 0 saturated carbocycles. The van der Waals surface area contributed by atoms with Gasteiger partial charge in [0, 0.05) is 17.6 Å². The van der Waals surface area contributed by atoms with Crippen LogP contribution in [0.1, 0.15) is 26.3 Å². The van der Waals surface area contributed by atoms with Gasteiger partial charge < -0.3 is 10.1 Å². The Bertz CT molecular complexity index is 455. The van der Waals surface area contributed by atoms with Crippen LogP contribution in [0.25, 0.3) is 0 Å². The fourth-order valence-electron chi connectivity index (χ4n) is 1.32. The lowest BCUT2D eigenvalue weighted by molar-refractivity contribution is 0.357. The molecule has 1 aromatic rings. The molecule has 0 atom stereocenters. The number of halogens is 3. The van der Waals surface area contributed by atoms with E-state index in [1.807, 2.05) is 18.2 Å². The lowest BCUT2D eigenvalue weighted by Gasteiger charge is -2.20. The van der Waals surface area contributed by atoms with Crippen molar-refractivity contribution in [1.29, 1.82) is 0 Å². The van der Waals surface area contributed by atoms with E-state index < -0.39 is 0 Å². The van der Waals surface area contributed by atoms with Gasteiger partial charge in [-0.2, -0.15) is 0 Å². The van der Waals surface area contributed by atoms with Gasteiger partial charge in [-0.1, -0.05) is 29.3 Å².